The fraction of sp³-hybridized carbons (Fsp3) is 0.545. The molecule has 5 nitrogen and oxygen atoms in total. The summed E-state index contributed by atoms with van der Waals surface area (Å²) in [6.45, 7) is 3.55. The lowest BCUT2D eigenvalue weighted by atomic mass is 9.82. The number of ether oxygens (including phenoxy) is 1. The van der Waals surface area contributed by atoms with E-state index in [1.807, 2.05) is 0 Å². The average molecular weight is 228 g/mol. The van der Waals surface area contributed by atoms with Crippen LogP contribution in [-0.4, -0.2) is 29.4 Å². The van der Waals surface area contributed by atoms with Crippen LogP contribution in [0.15, 0.2) is 16.7 Å². The lowest BCUT2D eigenvalue weighted by Gasteiger charge is -2.26. The zero-order valence-corrected chi connectivity index (χ0v) is 9.56. The summed E-state index contributed by atoms with van der Waals surface area (Å²) < 4.78 is 10.2. The summed E-state index contributed by atoms with van der Waals surface area (Å²) in [5, 5.41) is 18.4. The van der Waals surface area contributed by atoms with Crippen LogP contribution in [0.4, 0.5) is 0 Å². The Morgan fingerprint density at radius 3 is 2.75 bits per heavy atom. The van der Waals surface area contributed by atoms with Crippen molar-refractivity contribution in [3.63, 3.8) is 0 Å². The van der Waals surface area contributed by atoms with Crippen molar-refractivity contribution in [3.8, 4) is 0 Å². The first-order valence-electron chi connectivity index (χ1n) is 4.88. The molecule has 0 saturated carbocycles. The molecule has 1 atom stereocenters. The molecule has 0 amide bonds. The van der Waals surface area contributed by atoms with Crippen molar-refractivity contribution in [2.75, 3.05) is 7.11 Å². The topological polar surface area (TPSA) is 79.9 Å². The second-order valence-corrected chi connectivity index (χ2v) is 4.17. The van der Waals surface area contributed by atoms with Crippen LogP contribution in [0.2, 0.25) is 0 Å². The third-order valence-corrected chi connectivity index (χ3v) is 2.55. The molecular weight excluding hydrogens is 212 g/mol. The number of hydrogen-bond donors (Lipinski definition) is 2. The lowest BCUT2D eigenvalue weighted by molar-refractivity contribution is -0.150. The van der Waals surface area contributed by atoms with E-state index < -0.39 is 17.5 Å². The monoisotopic (exact) mass is 228 g/mol. The summed E-state index contributed by atoms with van der Waals surface area (Å²) in [7, 11) is 1.54. The second-order valence-electron chi connectivity index (χ2n) is 4.17. The molecule has 2 N–H and O–H groups in total. The van der Waals surface area contributed by atoms with E-state index in [4.69, 9.17) is 14.3 Å². The Bertz CT molecular complexity index is 366. The fourth-order valence-corrected chi connectivity index (χ4v) is 1.60. The number of methoxy groups -OCH3 is 1. The van der Waals surface area contributed by atoms with Gasteiger partial charge in [0.1, 0.15) is 5.76 Å². The van der Waals surface area contributed by atoms with E-state index in [-0.39, 0.29) is 0 Å². The number of carboxylic acids is 1. The van der Waals surface area contributed by atoms with Crippen molar-refractivity contribution in [1.82, 2.24) is 0 Å². The molecule has 0 radical (unpaired) electrons. The Balaban J connectivity index is 3.05. The van der Waals surface area contributed by atoms with Gasteiger partial charge in [-0.15, -0.1) is 0 Å². The quantitative estimate of drug-likeness (QED) is 0.790. The highest BCUT2D eigenvalue weighted by molar-refractivity contribution is 5.74. The van der Waals surface area contributed by atoms with Gasteiger partial charge in [0.05, 0.1) is 18.3 Å². The molecule has 0 bridgehead atoms. The summed E-state index contributed by atoms with van der Waals surface area (Å²) in [5.74, 6) is -0.839. The van der Waals surface area contributed by atoms with Crippen LogP contribution in [0.3, 0.4) is 0 Å². The molecular formula is C11H16O5. The number of carboxylic acid groups (broad SMARTS) is 1. The zero-order valence-electron chi connectivity index (χ0n) is 9.56. The van der Waals surface area contributed by atoms with Crippen LogP contribution < -0.4 is 0 Å². The third-order valence-electron chi connectivity index (χ3n) is 2.55. The summed E-state index contributed by atoms with van der Waals surface area (Å²) in [6.07, 6.45) is -0.0609. The van der Waals surface area contributed by atoms with Crippen LogP contribution in [0, 0.1) is 0 Å². The summed E-state index contributed by atoms with van der Waals surface area (Å²) in [6, 6.07) is 1.70. The van der Waals surface area contributed by atoms with Gasteiger partial charge in [-0.05, 0) is 19.9 Å². The second kappa shape index (κ2) is 4.67. The van der Waals surface area contributed by atoms with Crippen LogP contribution in [0.1, 0.15) is 25.2 Å². The van der Waals surface area contributed by atoms with Crippen molar-refractivity contribution >= 4 is 5.97 Å². The van der Waals surface area contributed by atoms with Gasteiger partial charge in [-0.25, -0.2) is 4.79 Å². The molecule has 1 aromatic rings. The molecule has 0 fully saturated rings. The van der Waals surface area contributed by atoms with E-state index in [2.05, 4.69) is 0 Å². The predicted molar refractivity (Wildman–Crippen MR) is 56.1 cm³/mol. The highest BCUT2D eigenvalue weighted by atomic mass is 16.5. The molecule has 0 aliphatic carbocycles. The molecule has 0 aromatic carbocycles. The number of aliphatic carboxylic acids is 1. The Labute approximate surface area is 93.6 Å². The maximum Gasteiger partial charge on any atom is 0.333 e. The molecule has 1 unspecified atom stereocenters. The minimum atomic E-state index is -1.52. The van der Waals surface area contributed by atoms with Crippen molar-refractivity contribution in [1.29, 1.82) is 0 Å². The number of aliphatic hydroxyl groups excluding tert-OH is 1. The maximum absolute atomic E-state index is 10.8. The standard InChI is InChI=1S/C11H16O5/c1-11(2,8(12)10(13)14)9-7(6-15-3)4-5-16-9/h4-5,8,12H,6H2,1-3H3,(H,13,14). The zero-order chi connectivity index (χ0) is 12.3. The smallest absolute Gasteiger partial charge is 0.333 e. The molecule has 0 saturated heterocycles. The van der Waals surface area contributed by atoms with Crippen molar-refractivity contribution < 1.29 is 24.2 Å². The SMILES string of the molecule is COCc1ccoc1C(C)(C)C(O)C(=O)O. The molecule has 0 aliphatic rings. The van der Waals surface area contributed by atoms with E-state index in [1.165, 1.54) is 13.4 Å². The van der Waals surface area contributed by atoms with E-state index in [0.717, 1.165) is 5.56 Å². The van der Waals surface area contributed by atoms with E-state index in [0.29, 0.717) is 12.4 Å². The van der Waals surface area contributed by atoms with Crippen molar-refractivity contribution in [3.05, 3.63) is 23.7 Å². The Morgan fingerprint density at radius 1 is 1.62 bits per heavy atom. The molecule has 16 heavy (non-hydrogen) atoms. The molecule has 5 heteroatoms. The summed E-state index contributed by atoms with van der Waals surface area (Å²) >= 11 is 0. The Kier molecular flexibility index (Phi) is 3.72. The molecule has 1 rings (SSSR count). The van der Waals surface area contributed by atoms with Gasteiger partial charge in [-0.1, -0.05) is 0 Å². The van der Waals surface area contributed by atoms with Gasteiger partial charge >= 0.3 is 5.97 Å². The molecule has 0 spiro atoms. The Morgan fingerprint density at radius 2 is 2.25 bits per heavy atom. The largest absolute Gasteiger partial charge is 0.479 e. The number of hydrogen-bond acceptors (Lipinski definition) is 4. The van der Waals surface area contributed by atoms with Crippen LogP contribution in [-0.2, 0) is 21.6 Å². The molecule has 0 aliphatic heterocycles. The number of aliphatic hydroxyl groups is 1. The molecule has 90 valence electrons. The molecule has 1 heterocycles. The summed E-state index contributed by atoms with van der Waals surface area (Å²) in [5.41, 5.74) is -0.253. The summed E-state index contributed by atoms with van der Waals surface area (Å²) in [4.78, 5) is 10.8. The number of carbonyl (C=O) groups is 1. The Hall–Kier alpha value is -1.33. The normalized spacial score (nSPS) is 13.8. The van der Waals surface area contributed by atoms with Gasteiger partial charge < -0.3 is 19.4 Å². The first-order chi connectivity index (χ1) is 7.41. The van der Waals surface area contributed by atoms with Crippen molar-refractivity contribution in [2.24, 2.45) is 0 Å². The fourth-order valence-electron chi connectivity index (χ4n) is 1.60. The number of furan rings is 1. The first-order valence-corrected chi connectivity index (χ1v) is 4.88. The minimum absolute atomic E-state index is 0.321. The molecule has 1 aromatic heterocycles. The van der Waals surface area contributed by atoms with Crippen molar-refractivity contribution in [2.45, 2.75) is 32.0 Å². The van der Waals surface area contributed by atoms with Crippen LogP contribution in [0.25, 0.3) is 0 Å². The van der Waals surface area contributed by atoms with E-state index >= 15 is 0 Å². The highest BCUT2D eigenvalue weighted by Gasteiger charge is 2.39. The predicted octanol–water partition coefficient (Wildman–Crippen LogP) is 1.15. The van der Waals surface area contributed by atoms with Gasteiger partial charge in [-0.3, -0.25) is 0 Å². The highest BCUT2D eigenvalue weighted by Crippen LogP contribution is 2.31. The van der Waals surface area contributed by atoms with Gasteiger partial charge in [0.15, 0.2) is 6.10 Å². The van der Waals surface area contributed by atoms with Crippen LogP contribution in [0.5, 0.6) is 0 Å². The van der Waals surface area contributed by atoms with Gasteiger partial charge in [-0.2, -0.15) is 0 Å². The maximum atomic E-state index is 10.8. The van der Waals surface area contributed by atoms with Gasteiger partial charge in [0.2, 0.25) is 0 Å². The van der Waals surface area contributed by atoms with Gasteiger partial charge in [0, 0.05) is 12.7 Å². The van der Waals surface area contributed by atoms with Crippen LogP contribution >= 0.6 is 0 Å². The van der Waals surface area contributed by atoms with Gasteiger partial charge in [0.25, 0.3) is 0 Å². The average Bonchev–Trinajstić information content (AvgIpc) is 2.65. The third kappa shape index (κ3) is 2.25. The number of rotatable bonds is 5. The van der Waals surface area contributed by atoms with E-state index in [9.17, 15) is 9.90 Å². The van der Waals surface area contributed by atoms with E-state index in [1.54, 1.807) is 19.9 Å². The lowest BCUT2D eigenvalue weighted by Crippen LogP contribution is -2.40. The minimum Gasteiger partial charge on any atom is -0.479 e. The first kappa shape index (κ1) is 12.7.